The molecule has 3 heterocycles. The lowest BCUT2D eigenvalue weighted by Gasteiger charge is -2.33. The first kappa shape index (κ1) is 17.9. The maximum Gasteiger partial charge on any atom is 0.175 e. The van der Waals surface area contributed by atoms with Gasteiger partial charge < -0.3 is 9.64 Å². The summed E-state index contributed by atoms with van der Waals surface area (Å²) in [6, 6.07) is 4.95. The van der Waals surface area contributed by atoms with Crippen molar-refractivity contribution >= 4 is 26.6 Å². The largest absolute Gasteiger partial charge is 0.370 e. The molecule has 0 amide bonds. The number of ether oxygens (including phenoxy) is 1. The van der Waals surface area contributed by atoms with Gasteiger partial charge in [-0.1, -0.05) is 0 Å². The van der Waals surface area contributed by atoms with Gasteiger partial charge in [-0.25, -0.2) is 18.4 Å². The molecule has 0 N–H and O–H groups in total. The molecular formula is C18H21N5O3S. The number of hydrogen-bond donors (Lipinski definition) is 0. The van der Waals surface area contributed by atoms with Crippen molar-refractivity contribution in [1.29, 1.82) is 0 Å². The highest BCUT2D eigenvalue weighted by molar-refractivity contribution is 7.90. The molecule has 1 saturated heterocycles. The molecule has 1 atom stereocenters. The lowest BCUT2D eigenvalue weighted by Crippen LogP contribution is -2.39. The lowest BCUT2D eigenvalue weighted by molar-refractivity contribution is 0.0395. The van der Waals surface area contributed by atoms with Crippen molar-refractivity contribution in [2.45, 2.75) is 24.5 Å². The molecule has 8 nitrogen and oxygen atoms in total. The predicted octanol–water partition coefficient (Wildman–Crippen LogP) is 1.83. The van der Waals surface area contributed by atoms with E-state index in [9.17, 15) is 8.42 Å². The van der Waals surface area contributed by atoms with E-state index in [0.29, 0.717) is 25.2 Å². The molecule has 0 saturated carbocycles. The molecule has 1 fully saturated rings. The minimum atomic E-state index is -3.31. The van der Waals surface area contributed by atoms with Crippen molar-refractivity contribution in [3.05, 3.63) is 42.5 Å². The van der Waals surface area contributed by atoms with E-state index in [4.69, 9.17) is 4.74 Å². The Morgan fingerprint density at radius 2 is 2.15 bits per heavy atom. The summed E-state index contributed by atoms with van der Waals surface area (Å²) < 4.78 is 31.7. The van der Waals surface area contributed by atoms with E-state index in [0.717, 1.165) is 23.3 Å². The zero-order valence-corrected chi connectivity index (χ0v) is 16.1. The number of rotatable bonds is 4. The van der Waals surface area contributed by atoms with Crippen LogP contribution in [0.2, 0.25) is 0 Å². The van der Waals surface area contributed by atoms with E-state index < -0.39 is 9.84 Å². The molecule has 1 aromatic carbocycles. The molecule has 0 bridgehead atoms. The number of anilines is 1. The summed E-state index contributed by atoms with van der Waals surface area (Å²) in [5.74, 6) is 0.724. The van der Waals surface area contributed by atoms with Gasteiger partial charge in [0.05, 0.1) is 23.2 Å². The molecule has 2 aromatic heterocycles. The monoisotopic (exact) mass is 387 g/mol. The van der Waals surface area contributed by atoms with Crippen LogP contribution in [-0.2, 0) is 21.1 Å². The summed E-state index contributed by atoms with van der Waals surface area (Å²) >= 11 is 0. The first-order chi connectivity index (χ1) is 13.0. The second kappa shape index (κ2) is 6.90. The van der Waals surface area contributed by atoms with Gasteiger partial charge in [-0.05, 0) is 25.1 Å². The summed E-state index contributed by atoms with van der Waals surface area (Å²) in [5, 5.41) is 5.05. The maximum absolute atomic E-state index is 11.9. The average Bonchev–Trinajstić information content (AvgIpc) is 3.16. The molecular weight excluding hydrogens is 366 g/mol. The number of sulfone groups is 1. The van der Waals surface area contributed by atoms with Crippen LogP contribution in [0.3, 0.4) is 0 Å². The summed E-state index contributed by atoms with van der Waals surface area (Å²) in [6.07, 6.45) is 6.43. The van der Waals surface area contributed by atoms with Crippen molar-refractivity contribution in [2.24, 2.45) is 0 Å². The zero-order valence-electron chi connectivity index (χ0n) is 15.2. The van der Waals surface area contributed by atoms with Crippen LogP contribution in [0, 0.1) is 0 Å². The van der Waals surface area contributed by atoms with Crippen molar-refractivity contribution in [3.8, 4) is 0 Å². The summed E-state index contributed by atoms with van der Waals surface area (Å²) in [6.45, 7) is 4.69. The highest BCUT2D eigenvalue weighted by atomic mass is 32.2. The van der Waals surface area contributed by atoms with Gasteiger partial charge >= 0.3 is 0 Å². The van der Waals surface area contributed by atoms with E-state index in [1.54, 1.807) is 18.2 Å². The number of nitrogens with zero attached hydrogens (tertiary/aromatic N) is 5. The van der Waals surface area contributed by atoms with Crippen molar-refractivity contribution in [3.63, 3.8) is 0 Å². The van der Waals surface area contributed by atoms with Gasteiger partial charge in [0.15, 0.2) is 9.84 Å². The lowest BCUT2D eigenvalue weighted by atomic mass is 10.1. The van der Waals surface area contributed by atoms with Gasteiger partial charge in [0.2, 0.25) is 0 Å². The van der Waals surface area contributed by atoms with E-state index >= 15 is 0 Å². The van der Waals surface area contributed by atoms with Crippen LogP contribution in [0.5, 0.6) is 0 Å². The molecule has 27 heavy (non-hydrogen) atoms. The van der Waals surface area contributed by atoms with Crippen LogP contribution >= 0.6 is 0 Å². The number of benzene rings is 1. The molecule has 4 rings (SSSR count). The molecule has 1 aliphatic heterocycles. The Morgan fingerprint density at radius 3 is 2.89 bits per heavy atom. The standard InChI is InChI=1S/C18H21N5O3S/c1-3-23-10-13(9-21-23)17-11-22(6-7-26-17)18-15-8-14(27(2,24)25)4-5-16(15)19-12-20-18/h4-5,8-10,12,17H,3,6-7,11H2,1-2H3. The van der Waals surface area contributed by atoms with Gasteiger partial charge in [-0.3, -0.25) is 4.68 Å². The van der Waals surface area contributed by atoms with Crippen LogP contribution in [0.4, 0.5) is 5.82 Å². The highest BCUT2D eigenvalue weighted by Crippen LogP contribution is 2.30. The van der Waals surface area contributed by atoms with Crippen LogP contribution in [0.15, 0.2) is 41.8 Å². The molecule has 1 unspecified atom stereocenters. The third-order valence-electron chi connectivity index (χ3n) is 4.73. The van der Waals surface area contributed by atoms with Gasteiger partial charge in [0.1, 0.15) is 18.2 Å². The Labute approximate surface area is 157 Å². The van der Waals surface area contributed by atoms with Crippen LogP contribution in [0.25, 0.3) is 10.9 Å². The van der Waals surface area contributed by atoms with E-state index in [1.807, 2.05) is 24.0 Å². The summed E-state index contributed by atoms with van der Waals surface area (Å²) in [5.41, 5.74) is 1.74. The molecule has 1 aliphatic rings. The fraction of sp³-hybridized carbons (Fsp3) is 0.389. The summed E-state index contributed by atoms with van der Waals surface area (Å²) in [4.78, 5) is 11.1. The Balaban J connectivity index is 1.70. The third-order valence-corrected chi connectivity index (χ3v) is 5.84. The number of aromatic nitrogens is 4. The SMILES string of the molecule is CCn1cc(C2CN(c3ncnc4ccc(S(C)(=O)=O)cc34)CCO2)cn1. The molecule has 9 heteroatoms. The Kier molecular flexibility index (Phi) is 4.56. The fourth-order valence-corrected chi connectivity index (χ4v) is 3.91. The first-order valence-corrected chi connectivity index (χ1v) is 10.7. The number of aryl methyl sites for hydroxylation is 1. The Hall–Kier alpha value is -2.52. The molecule has 0 radical (unpaired) electrons. The Bertz CT molecular complexity index is 1080. The summed E-state index contributed by atoms with van der Waals surface area (Å²) in [7, 11) is -3.31. The normalized spacial score (nSPS) is 18.1. The quantitative estimate of drug-likeness (QED) is 0.674. The number of hydrogen-bond acceptors (Lipinski definition) is 7. The fourth-order valence-electron chi connectivity index (χ4n) is 3.27. The van der Waals surface area contributed by atoms with Crippen LogP contribution < -0.4 is 4.90 Å². The van der Waals surface area contributed by atoms with Crippen molar-refractivity contribution in [2.75, 3.05) is 30.9 Å². The molecule has 0 aliphatic carbocycles. The van der Waals surface area contributed by atoms with E-state index in [1.165, 1.54) is 12.6 Å². The molecule has 142 valence electrons. The van der Waals surface area contributed by atoms with Crippen LogP contribution in [-0.4, -0.2) is 54.1 Å². The molecule has 0 spiro atoms. The first-order valence-electron chi connectivity index (χ1n) is 8.79. The topological polar surface area (TPSA) is 90.2 Å². The van der Waals surface area contributed by atoms with E-state index in [-0.39, 0.29) is 11.0 Å². The number of morpholine rings is 1. The second-order valence-corrected chi connectivity index (χ2v) is 8.60. The number of fused-ring (bicyclic) bond motifs is 1. The maximum atomic E-state index is 11.9. The Morgan fingerprint density at radius 1 is 1.30 bits per heavy atom. The van der Waals surface area contributed by atoms with Gasteiger partial charge in [-0.15, -0.1) is 0 Å². The van der Waals surface area contributed by atoms with Crippen molar-refractivity contribution in [1.82, 2.24) is 19.7 Å². The van der Waals surface area contributed by atoms with Crippen LogP contribution in [0.1, 0.15) is 18.6 Å². The average molecular weight is 387 g/mol. The van der Waals surface area contributed by atoms with Gasteiger partial charge in [0.25, 0.3) is 0 Å². The predicted molar refractivity (Wildman–Crippen MR) is 101 cm³/mol. The van der Waals surface area contributed by atoms with Gasteiger partial charge in [0, 0.05) is 43.0 Å². The zero-order chi connectivity index (χ0) is 19.0. The van der Waals surface area contributed by atoms with Crippen molar-refractivity contribution < 1.29 is 13.2 Å². The minimum Gasteiger partial charge on any atom is -0.370 e. The second-order valence-electron chi connectivity index (χ2n) is 6.58. The van der Waals surface area contributed by atoms with E-state index in [2.05, 4.69) is 20.0 Å². The third kappa shape index (κ3) is 3.52. The smallest absolute Gasteiger partial charge is 0.175 e. The van der Waals surface area contributed by atoms with Gasteiger partial charge in [-0.2, -0.15) is 5.10 Å². The minimum absolute atomic E-state index is 0.109. The highest BCUT2D eigenvalue weighted by Gasteiger charge is 2.25. The molecule has 3 aromatic rings.